The van der Waals surface area contributed by atoms with E-state index in [4.69, 9.17) is 16.6 Å². The fourth-order valence-electron chi connectivity index (χ4n) is 3.44. The SMILES string of the molecule is CCCCCCSCc1nc2cc(Cl)ccc2c(=O)n1-c1cc(C)cc(C)c1. The summed E-state index contributed by atoms with van der Waals surface area (Å²) in [6.07, 6.45) is 4.98. The van der Waals surface area contributed by atoms with E-state index in [0.29, 0.717) is 21.7 Å². The lowest BCUT2D eigenvalue weighted by molar-refractivity contribution is 0.706. The summed E-state index contributed by atoms with van der Waals surface area (Å²) >= 11 is 7.98. The normalized spacial score (nSPS) is 11.3. The highest BCUT2D eigenvalue weighted by Gasteiger charge is 2.14. The van der Waals surface area contributed by atoms with E-state index in [1.165, 1.54) is 25.7 Å². The van der Waals surface area contributed by atoms with Crippen molar-refractivity contribution >= 4 is 34.3 Å². The summed E-state index contributed by atoms with van der Waals surface area (Å²) in [6.45, 7) is 6.33. The lowest BCUT2D eigenvalue weighted by atomic mass is 10.1. The topological polar surface area (TPSA) is 34.9 Å². The van der Waals surface area contributed by atoms with Gasteiger partial charge in [-0.2, -0.15) is 11.8 Å². The second-order valence-electron chi connectivity index (χ2n) is 7.29. The van der Waals surface area contributed by atoms with Gasteiger partial charge in [0.15, 0.2) is 0 Å². The van der Waals surface area contributed by atoms with Crippen molar-refractivity contribution < 1.29 is 0 Å². The molecule has 0 fully saturated rings. The number of thioether (sulfide) groups is 1. The molecule has 0 saturated heterocycles. The Morgan fingerprint density at radius 2 is 1.79 bits per heavy atom. The quantitative estimate of drug-likeness (QED) is 0.396. The first kappa shape index (κ1) is 20.9. The molecule has 28 heavy (non-hydrogen) atoms. The van der Waals surface area contributed by atoms with Crippen LogP contribution in [0, 0.1) is 13.8 Å². The van der Waals surface area contributed by atoms with Crippen LogP contribution >= 0.6 is 23.4 Å². The van der Waals surface area contributed by atoms with E-state index < -0.39 is 0 Å². The maximum atomic E-state index is 13.3. The van der Waals surface area contributed by atoms with E-state index in [1.807, 2.05) is 23.9 Å². The van der Waals surface area contributed by atoms with Gasteiger partial charge >= 0.3 is 0 Å². The molecule has 0 saturated carbocycles. The van der Waals surface area contributed by atoms with Crippen molar-refractivity contribution in [3.05, 3.63) is 68.7 Å². The third-order valence-corrected chi connectivity index (χ3v) is 6.01. The minimum Gasteiger partial charge on any atom is -0.268 e. The van der Waals surface area contributed by atoms with E-state index in [-0.39, 0.29) is 5.56 Å². The van der Waals surface area contributed by atoms with Gasteiger partial charge in [-0.15, -0.1) is 0 Å². The predicted octanol–water partition coefficient (Wildman–Crippen LogP) is 6.47. The molecule has 3 aromatic rings. The van der Waals surface area contributed by atoms with Gasteiger partial charge in [0.25, 0.3) is 5.56 Å². The summed E-state index contributed by atoms with van der Waals surface area (Å²) in [7, 11) is 0. The van der Waals surface area contributed by atoms with Crippen molar-refractivity contribution in [3.63, 3.8) is 0 Å². The van der Waals surface area contributed by atoms with Crippen molar-refractivity contribution in [3.8, 4) is 5.69 Å². The van der Waals surface area contributed by atoms with Gasteiger partial charge in [0.1, 0.15) is 5.82 Å². The Morgan fingerprint density at radius 1 is 1.04 bits per heavy atom. The van der Waals surface area contributed by atoms with Gasteiger partial charge in [0, 0.05) is 5.02 Å². The Bertz CT molecular complexity index is 1010. The number of halogens is 1. The molecule has 3 nitrogen and oxygen atoms in total. The van der Waals surface area contributed by atoms with E-state index in [9.17, 15) is 4.79 Å². The summed E-state index contributed by atoms with van der Waals surface area (Å²) in [5.41, 5.74) is 3.79. The van der Waals surface area contributed by atoms with Crippen LogP contribution < -0.4 is 5.56 Å². The molecular weight excluding hydrogens is 388 g/mol. The molecule has 0 aliphatic heterocycles. The van der Waals surface area contributed by atoms with Crippen LogP contribution in [0.25, 0.3) is 16.6 Å². The van der Waals surface area contributed by atoms with Crippen LogP contribution in [0.2, 0.25) is 5.02 Å². The summed E-state index contributed by atoms with van der Waals surface area (Å²) in [6, 6.07) is 11.5. The second kappa shape index (κ2) is 9.62. The lowest BCUT2D eigenvalue weighted by Crippen LogP contribution is -2.24. The average Bonchev–Trinajstić information content (AvgIpc) is 2.63. The van der Waals surface area contributed by atoms with Gasteiger partial charge in [-0.05, 0) is 67.5 Å². The molecule has 0 atom stereocenters. The fourth-order valence-corrected chi connectivity index (χ4v) is 4.54. The molecule has 1 heterocycles. The number of hydrogen-bond acceptors (Lipinski definition) is 3. The van der Waals surface area contributed by atoms with E-state index in [1.54, 1.807) is 22.8 Å². The van der Waals surface area contributed by atoms with E-state index >= 15 is 0 Å². The molecule has 0 amide bonds. The first-order valence-electron chi connectivity index (χ1n) is 9.87. The molecule has 0 unspecified atom stereocenters. The highest BCUT2D eigenvalue weighted by atomic mass is 35.5. The Labute approximate surface area is 176 Å². The summed E-state index contributed by atoms with van der Waals surface area (Å²) in [5, 5.41) is 1.20. The maximum absolute atomic E-state index is 13.3. The van der Waals surface area contributed by atoms with E-state index in [2.05, 4.69) is 26.8 Å². The molecule has 0 bridgehead atoms. The third kappa shape index (κ3) is 4.98. The van der Waals surface area contributed by atoms with Gasteiger partial charge in [0.2, 0.25) is 0 Å². The van der Waals surface area contributed by atoms with Crippen LogP contribution in [0.15, 0.2) is 41.2 Å². The van der Waals surface area contributed by atoms with E-state index in [0.717, 1.165) is 28.4 Å². The number of aromatic nitrogens is 2. The standard InChI is InChI=1S/C23H27ClN2OS/c1-4-5-6-7-10-28-15-22-25-21-14-18(24)8-9-20(21)23(27)26(22)19-12-16(2)11-17(3)13-19/h8-9,11-14H,4-7,10,15H2,1-3H3. The van der Waals surface area contributed by atoms with Gasteiger partial charge in [0.05, 0.1) is 22.3 Å². The number of unbranched alkanes of at least 4 members (excludes halogenated alkanes) is 3. The summed E-state index contributed by atoms with van der Waals surface area (Å²) in [5.74, 6) is 2.57. The minimum atomic E-state index is -0.0340. The largest absolute Gasteiger partial charge is 0.268 e. The minimum absolute atomic E-state index is 0.0340. The van der Waals surface area contributed by atoms with Crippen LogP contribution in [0.4, 0.5) is 0 Å². The highest BCUT2D eigenvalue weighted by molar-refractivity contribution is 7.98. The van der Waals surface area contributed by atoms with Gasteiger partial charge in [-0.25, -0.2) is 4.98 Å². The Hall–Kier alpha value is -1.78. The predicted molar refractivity (Wildman–Crippen MR) is 122 cm³/mol. The molecule has 0 N–H and O–H groups in total. The van der Waals surface area contributed by atoms with Crippen LogP contribution in [0.3, 0.4) is 0 Å². The zero-order valence-electron chi connectivity index (χ0n) is 16.8. The molecule has 0 radical (unpaired) electrons. The van der Waals surface area contributed by atoms with Crippen LogP contribution in [-0.4, -0.2) is 15.3 Å². The van der Waals surface area contributed by atoms with Crippen molar-refractivity contribution in [1.29, 1.82) is 0 Å². The smallest absolute Gasteiger partial charge is 0.265 e. The molecule has 148 valence electrons. The number of aryl methyl sites for hydroxylation is 2. The molecule has 5 heteroatoms. The Kier molecular flexibility index (Phi) is 7.19. The monoisotopic (exact) mass is 414 g/mol. The molecule has 2 aromatic carbocycles. The first-order chi connectivity index (χ1) is 13.5. The van der Waals surface area contributed by atoms with Gasteiger partial charge in [-0.3, -0.25) is 9.36 Å². The number of fused-ring (bicyclic) bond motifs is 1. The zero-order chi connectivity index (χ0) is 20.1. The summed E-state index contributed by atoms with van der Waals surface area (Å²) < 4.78 is 1.77. The molecule has 0 spiro atoms. The van der Waals surface area contributed by atoms with Crippen molar-refractivity contribution in [2.75, 3.05) is 5.75 Å². The second-order valence-corrected chi connectivity index (χ2v) is 8.83. The molecule has 0 aliphatic rings. The van der Waals surface area contributed by atoms with Crippen LogP contribution in [0.5, 0.6) is 0 Å². The number of nitrogens with zero attached hydrogens (tertiary/aromatic N) is 2. The number of rotatable bonds is 8. The molecular formula is C23H27ClN2OS. The van der Waals surface area contributed by atoms with Crippen LogP contribution in [0.1, 0.15) is 49.6 Å². The highest BCUT2D eigenvalue weighted by Crippen LogP contribution is 2.22. The molecule has 1 aromatic heterocycles. The van der Waals surface area contributed by atoms with Gasteiger partial charge < -0.3 is 0 Å². The first-order valence-corrected chi connectivity index (χ1v) is 11.4. The van der Waals surface area contributed by atoms with Gasteiger partial charge in [-0.1, -0.05) is 43.9 Å². The molecule has 0 aliphatic carbocycles. The van der Waals surface area contributed by atoms with Crippen molar-refractivity contribution in [1.82, 2.24) is 9.55 Å². The zero-order valence-corrected chi connectivity index (χ0v) is 18.4. The maximum Gasteiger partial charge on any atom is 0.265 e. The molecule has 3 rings (SSSR count). The fraction of sp³-hybridized carbons (Fsp3) is 0.391. The van der Waals surface area contributed by atoms with Crippen molar-refractivity contribution in [2.45, 2.75) is 52.2 Å². The van der Waals surface area contributed by atoms with Crippen LogP contribution in [-0.2, 0) is 5.75 Å². The number of benzene rings is 2. The third-order valence-electron chi connectivity index (χ3n) is 4.74. The lowest BCUT2D eigenvalue weighted by Gasteiger charge is -2.15. The average molecular weight is 415 g/mol. The summed E-state index contributed by atoms with van der Waals surface area (Å²) in [4.78, 5) is 18.2. The Morgan fingerprint density at radius 3 is 2.50 bits per heavy atom. The Balaban J connectivity index is 2.02. The number of hydrogen-bond donors (Lipinski definition) is 0. The van der Waals surface area contributed by atoms with Crippen molar-refractivity contribution in [2.24, 2.45) is 0 Å².